The van der Waals surface area contributed by atoms with E-state index in [9.17, 15) is 21.6 Å². The second-order valence-electron chi connectivity index (χ2n) is 7.76. The van der Waals surface area contributed by atoms with Gasteiger partial charge < -0.3 is 25.4 Å². The average Bonchev–Trinajstić information content (AvgIpc) is 2.79. The summed E-state index contributed by atoms with van der Waals surface area (Å²) in [6.07, 6.45) is -0.326. The molecule has 11 heteroatoms. The molecule has 0 radical (unpaired) electrons. The predicted molar refractivity (Wildman–Crippen MR) is 131 cm³/mol. The number of rotatable bonds is 6. The number of alkyl halides is 3. The lowest BCUT2D eigenvalue weighted by Gasteiger charge is -2.21. The molecular weight excluding hydrogens is 483 g/mol. The number of sulfone groups is 1. The van der Waals surface area contributed by atoms with Gasteiger partial charge in [0.05, 0.1) is 18.1 Å². The van der Waals surface area contributed by atoms with Crippen LogP contribution >= 0.6 is 0 Å². The van der Waals surface area contributed by atoms with Crippen LogP contribution in [0.15, 0.2) is 71.3 Å². The van der Waals surface area contributed by atoms with Gasteiger partial charge in [0.25, 0.3) is 0 Å². The van der Waals surface area contributed by atoms with E-state index in [4.69, 9.17) is 10.5 Å². The molecule has 1 fully saturated rings. The van der Waals surface area contributed by atoms with E-state index in [-0.39, 0.29) is 10.6 Å². The number of nitrogens with zero attached hydrogens (tertiary/aromatic N) is 1. The fourth-order valence-corrected chi connectivity index (χ4v) is 3.58. The van der Waals surface area contributed by atoms with Crippen molar-refractivity contribution in [2.24, 2.45) is 5.73 Å². The van der Waals surface area contributed by atoms with Gasteiger partial charge in [-0.2, -0.15) is 0 Å². The largest absolute Gasteiger partial charge is 0.573 e. The number of morpholine rings is 1. The normalized spacial score (nSPS) is 15.7. The number of nitrogens with two attached hydrogens (primary N) is 1. The number of allylic oxidation sites excluding steroid dienone is 2. The highest BCUT2D eigenvalue weighted by Gasteiger charge is 2.30. The molecule has 0 aliphatic carbocycles. The first kappa shape index (κ1) is 28.2. The first-order valence-electron chi connectivity index (χ1n) is 10.7. The number of likely N-dealkylation sites (N-methyl/N-ethyl adjacent to an activating group) is 1. The van der Waals surface area contributed by atoms with Crippen LogP contribution in [-0.4, -0.2) is 59.3 Å². The Bertz CT molecular complexity index is 1130. The van der Waals surface area contributed by atoms with Crippen molar-refractivity contribution in [1.82, 2.24) is 4.90 Å². The van der Waals surface area contributed by atoms with Gasteiger partial charge in [0.1, 0.15) is 5.75 Å². The van der Waals surface area contributed by atoms with Gasteiger partial charge >= 0.3 is 6.36 Å². The van der Waals surface area contributed by atoms with E-state index in [1.165, 1.54) is 36.4 Å². The van der Waals surface area contributed by atoms with Gasteiger partial charge in [-0.25, -0.2) is 8.42 Å². The molecule has 2 aromatic rings. The summed E-state index contributed by atoms with van der Waals surface area (Å²) in [7, 11) is -1.25. The SMILES string of the molecule is C/C=C(\C=C(/N)c1cccc(S(C)(=O)=O)c1)Nc1ccc(OC(F)(F)F)cc1.CN1CCOCC1. The lowest BCUT2D eigenvalue weighted by Crippen LogP contribution is -2.32. The van der Waals surface area contributed by atoms with Gasteiger partial charge in [0, 0.05) is 36.4 Å². The van der Waals surface area contributed by atoms with E-state index < -0.39 is 16.2 Å². The average molecular weight is 514 g/mol. The number of nitrogens with one attached hydrogen (secondary N) is 1. The molecule has 35 heavy (non-hydrogen) atoms. The zero-order valence-corrected chi connectivity index (χ0v) is 20.6. The van der Waals surface area contributed by atoms with Crippen LogP contribution in [0.25, 0.3) is 5.70 Å². The first-order valence-corrected chi connectivity index (χ1v) is 12.6. The number of benzene rings is 2. The summed E-state index contributed by atoms with van der Waals surface area (Å²) in [6, 6.07) is 11.4. The Morgan fingerprint density at radius 1 is 1.14 bits per heavy atom. The van der Waals surface area contributed by atoms with Gasteiger partial charge in [-0.05, 0) is 62.0 Å². The van der Waals surface area contributed by atoms with Crippen molar-refractivity contribution in [2.75, 3.05) is 44.9 Å². The van der Waals surface area contributed by atoms with Crippen LogP contribution in [0.3, 0.4) is 0 Å². The highest BCUT2D eigenvalue weighted by molar-refractivity contribution is 7.90. The molecule has 0 atom stereocenters. The van der Waals surface area contributed by atoms with Crippen molar-refractivity contribution < 1.29 is 31.1 Å². The molecule has 3 N–H and O–H groups in total. The fourth-order valence-electron chi connectivity index (χ4n) is 2.91. The molecule has 2 aromatic carbocycles. The lowest BCUT2D eigenvalue weighted by atomic mass is 10.1. The molecule has 1 saturated heterocycles. The minimum Gasteiger partial charge on any atom is -0.406 e. The number of halogens is 3. The molecule has 0 amide bonds. The van der Waals surface area contributed by atoms with Gasteiger partial charge in [0.2, 0.25) is 0 Å². The molecule has 1 aliphatic rings. The number of hydrogen-bond donors (Lipinski definition) is 2. The number of ether oxygens (including phenoxy) is 2. The topological polar surface area (TPSA) is 93.9 Å². The second-order valence-corrected chi connectivity index (χ2v) is 9.77. The third-order valence-electron chi connectivity index (χ3n) is 4.83. The number of hydrogen-bond acceptors (Lipinski definition) is 7. The van der Waals surface area contributed by atoms with E-state index >= 15 is 0 Å². The third kappa shape index (κ3) is 10.4. The van der Waals surface area contributed by atoms with Crippen LogP contribution in [0, 0.1) is 0 Å². The molecule has 1 aliphatic heterocycles. The monoisotopic (exact) mass is 513 g/mol. The van der Waals surface area contributed by atoms with E-state index in [1.807, 2.05) is 0 Å². The second kappa shape index (κ2) is 12.6. The van der Waals surface area contributed by atoms with E-state index in [0.29, 0.717) is 22.6 Å². The van der Waals surface area contributed by atoms with Gasteiger partial charge in [-0.3, -0.25) is 0 Å². The van der Waals surface area contributed by atoms with Crippen molar-refractivity contribution in [3.05, 3.63) is 71.9 Å². The smallest absolute Gasteiger partial charge is 0.406 e. The van der Waals surface area contributed by atoms with E-state index in [1.54, 1.807) is 31.2 Å². The van der Waals surface area contributed by atoms with Crippen molar-refractivity contribution in [1.29, 1.82) is 0 Å². The van der Waals surface area contributed by atoms with Crippen LogP contribution in [-0.2, 0) is 14.6 Å². The van der Waals surface area contributed by atoms with Crippen molar-refractivity contribution in [3.63, 3.8) is 0 Å². The van der Waals surface area contributed by atoms with Crippen LogP contribution < -0.4 is 15.8 Å². The zero-order chi connectivity index (χ0) is 26.1. The molecule has 0 bridgehead atoms. The highest BCUT2D eigenvalue weighted by Crippen LogP contribution is 2.25. The Morgan fingerprint density at radius 2 is 1.77 bits per heavy atom. The zero-order valence-electron chi connectivity index (χ0n) is 19.8. The Labute approximate surface area is 203 Å². The van der Waals surface area contributed by atoms with Gasteiger partial charge in [0.15, 0.2) is 9.84 Å². The third-order valence-corrected chi connectivity index (χ3v) is 5.94. The molecular formula is C24H30F3N3O4S. The van der Waals surface area contributed by atoms with Crippen LogP contribution in [0.1, 0.15) is 12.5 Å². The standard InChI is InChI=1S/C19H19F3N2O3S.C5H11NO/c1-3-14(24-15-7-9-16(10-8-15)27-19(20,21)22)12-18(23)13-5-4-6-17(11-13)28(2,25)26;1-6-2-4-7-5-3-6/h3-12,24H,23H2,1-2H3;2-5H2,1H3/b14-3+,18-12-;. The lowest BCUT2D eigenvalue weighted by molar-refractivity contribution is -0.274. The first-order chi connectivity index (χ1) is 16.4. The fraction of sp³-hybridized carbons (Fsp3) is 0.333. The molecule has 1 heterocycles. The molecule has 0 spiro atoms. The maximum atomic E-state index is 12.2. The summed E-state index contributed by atoms with van der Waals surface area (Å²) in [4.78, 5) is 2.42. The quantitative estimate of drug-likeness (QED) is 0.558. The summed E-state index contributed by atoms with van der Waals surface area (Å²) >= 11 is 0. The minimum atomic E-state index is -4.75. The maximum Gasteiger partial charge on any atom is 0.573 e. The molecule has 0 saturated carbocycles. The number of anilines is 1. The van der Waals surface area contributed by atoms with E-state index in [2.05, 4.69) is 22.0 Å². The summed E-state index contributed by atoms with van der Waals surface area (Å²) in [5.74, 6) is -0.326. The van der Waals surface area contributed by atoms with Crippen LogP contribution in [0.4, 0.5) is 18.9 Å². The summed E-state index contributed by atoms with van der Waals surface area (Å²) in [5.41, 5.74) is 8.02. The van der Waals surface area contributed by atoms with Gasteiger partial charge in [-0.1, -0.05) is 18.2 Å². The Hall–Kier alpha value is -3.02. The molecule has 0 unspecified atom stereocenters. The summed E-state index contributed by atoms with van der Waals surface area (Å²) in [6.45, 7) is 5.77. The highest BCUT2D eigenvalue weighted by atomic mass is 32.2. The van der Waals surface area contributed by atoms with Crippen LogP contribution in [0.5, 0.6) is 5.75 Å². The maximum absolute atomic E-state index is 12.2. The molecule has 7 nitrogen and oxygen atoms in total. The molecule has 0 aromatic heterocycles. The molecule has 192 valence electrons. The van der Waals surface area contributed by atoms with Gasteiger partial charge in [-0.15, -0.1) is 13.2 Å². The van der Waals surface area contributed by atoms with Crippen LogP contribution in [0.2, 0.25) is 0 Å². The molecule has 3 rings (SSSR count). The van der Waals surface area contributed by atoms with Crippen molar-refractivity contribution in [2.45, 2.75) is 18.2 Å². The Kier molecular flexibility index (Phi) is 10.2. The van der Waals surface area contributed by atoms with E-state index in [0.717, 1.165) is 32.6 Å². The van der Waals surface area contributed by atoms with Crippen molar-refractivity contribution in [3.8, 4) is 5.75 Å². The summed E-state index contributed by atoms with van der Waals surface area (Å²) in [5, 5.41) is 3.01. The Balaban J connectivity index is 0.000000527. The Morgan fingerprint density at radius 3 is 2.26 bits per heavy atom. The predicted octanol–water partition coefficient (Wildman–Crippen LogP) is 4.25. The summed E-state index contributed by atoms with van der Waals surface area (Å²) < 4.78 is 68.9. The van der Waals surface area contributed by atoms with Crippen molar-refractivity contribution >= 4 is 21.2 Å². The minimum absolute atomic E-state index is 0.150.